The highest BCUT2D eigenvalue weighted by molar-refractivity contribution is 5.94. The van der Waals surface area contributed by atoms with Gasteiger partial charge in [-0.1, -0.05) is 18.2 Å². The Morgan fingerprint density at radius 2 is 1.50 bits per heavy atom. The lowest BCUT2D eigenvalue weighted by atomic mass is 10.2. The van der Waals surface area contributed by atoms with Gasteiger partial charge >= 0.3 is 0 Å². The standard InChI is InChI=1S/C19H28N4O3/c1-20(17-5-3-2-4-6-17)18(24)15-21-7-9-22(10-8-21)16-19(25)23-11-13-26-14-12-23/h2-6H,7-16H2,1H3. The smallest absolute Gasteiger partial charge is 0.240 e. The van der Waals surface area contributed by atoms with Gasteiger partial charge in [-0.15, -0.1) is 0 Å². The molecule has 0 spiro atoms. The van der Waals surface area contributed by atoms with E-state index >= 15 is 0 Å². The van der Waals surface area contributed by atoms with Crippen molar-refractivity contribution in [2.45, 2.75) is 0 Å². The number of likely N-dealkylation sites (N-methyl/N-ethyl adjacent to an activating group) is 1. The second-order valence-corrected chi connectivity index (χ2v) is 6.83. The van der Waals surface area contributed by atoms with Gasteiger partial charge in [0.15, 0.2) is 0 Å². The summed E-state index contributed by atoms with van der Waals surface area (Å²) < 4.78 is 5.29. The number of piperazine rings is 1. The van der Waals surface area contributed by atoms with Crippen molar-refractivity contribution in [1.82, 2.24) is 14.7 Å². The number of morpholine rings is 1. The Hall–Kier alpha value is -1.96. The van der Waals surface area contributed by atoms with Gasteiger partial charge in [0.1, 0.15) is 0 Å². The van der Waals surface area contributed by atoms with Crippen LogP contribution in [0.2, 0.25) is 0 Å². The predicted molar refractivity (Wildman–Crippen MR) is 100 cm³/mol. The minimum Gasteiger partial charge on any atom is -0.378 e. The number of nitrogens with zero attached hydrogens (tertiary/aromatic N) is 4. The molecule has 0 bridgehead atoms. The van der Waals surface area contributed by atoms with Crippen molar-refractivity contribution in [2.75, 3.05) is 77.5 Å². The molecule has 2 saturated heterocycles. The van der Waals surface area contributed by atoms with Gasteiger partial charge < -0.3 is 14.5 Å². The maximum atomic E-state index is 12.5. The molecule has 2 aliphatic rings. The molecule has 1 aromatic carbocycles. The SMILES string of the molecule is CN(C(=O)CN1CCN(CC(=O)N2CCOCC2)CC1)c1ccccc1. The number of para-hydroxylation sites is 1. The van der Waals surface area contributed by atoms with Crippen LogP contribution in [0.25, 0.3) is 0 Å². The molecule has 0 radical (unpaired) electrons. The van der Waals surface area contributed by atoms with Gasteiger partial charge in [-0.25, -0.2) is 0 Å². The van der Waals surface area contributed by atoms with Crippen LogP contribution < -0.4 is 4.90 Å². The average molecular weight is 360 g/mol. The van der Waals surface area contributed by atoms with Crippen molar-refractivity contribution in [1.29, 1.82) is 0 Å². The van der Waals surface area contributed by atoms with Gasteiger partial charge in [-0.3, -0.25) is 19.4 Å². The molecule has 0 atom stereocenters. The van der Waals surface area contributed by atoms with Crippen LogP contribution >= 0.6 is 0 Å². The maximum absolute atomic E-state index is 12.5. The van der Waals surface area contributed by atoms with E-state index in [4.69, 9.17) is 4.74 Å². The highest BCUT2D eigenvalue weighted by Gasteiger charge is 2.24. The van der Waals surface area contributed by atoms with E-state index in [0.717, 1.165) is 31.9 Å². The van der Waals surface area contributed by atoms with E-state index in [0.29, 0.717) is 39.4 Å². The molecule has 7 nitrogen and oxygen atoms in total. The summed E-state index contributed by atoms with van der Waals surface area (Å²) in [6.07, 6.45) is 0. The Morgan fingerprint density at radius 3 is 2.12 bits per heavy atom. The number of hydrogen-bond donors (Lipinski definition) is 0. The second-order valence-electron chi connectivity index (χ2n) is 6.83. The van der Waals surface area contributed by atoms with Gasteiger partial charge in [-0.05, 0) is 12.1 Å². The molecule has 0 unspecified atom stereocenters. The van der Waals surface area contributed by atoms with Crippen molar-refractivity contribution in [2.24, 2.45) is 0 Å². The zero-order valence-electron chi connectivity index (χ0n) is 15.5. The Morgan fingerprint density at radius 1 is 0.923 bits per heavy atom. The van der Waals surface area contributed by atoms with E-state index in [1.54, 1.807) is 4.90 Å². The molecule has 0 saturated carbocycles. The quantitative estimate of drug-likeness (QED) is 0.747. The van der Waals surface area contributed by atoms with E-state index in [1.807, 2.05) is 42.3 Å². The van der Waals surface area contributed by atoms with Crippen LogP contribution in [-0.2, 0) is 14.3 Å². The highest BCUT2D eigenvalue weighted by Crippen LogP contribution is 2.12. The normalized spacial score (nSPS) is 19.3. The third-order valence-electron chi connectivity index (χ3n) is 5.06. The van der Waals surface area contributed by atoms with E-state index in [2.05, 4.69) is 9.80 Å². The fraction of sp³-hybridized carbons (Fsp3) is 0.579. The summed E-state index contributed by atoms with van der Waals surface area (Å²) in [5.74, 6) is 0.274. The van der Waals surface area contributed by atoms with E-state index in [9.17, 15) is 9.59 Å². The highest BCUT2D eigenvalue weighted by atomic mass is 16.5. The Bertz CT molecular complexity index is 596. The molecule has 26 heavy (non-hydrogen) atoms. The summed E-state index contributed by atoms with van der Waals surface area (Å²) in [5.41, 5.74) is 0.909. The van der Waals surface area contributed by atoms with Crippen molar-refractivity contribution in [3.05, 3.63) is 30.3 Å². The van der Waals surface area contributed by atoms with Gasteiger partial charge in [0.25, 0.3) is 0 Å². The number of carbonyl (C=O) groups excluding carboxylic acids is 2. The largest absolute Gasteiger partial charge is 0.378 e. The van der Waals surface area contributed by atoms with Gasteiger partial charge in [-0.2, -0.15) is 0 Å². The van der Waals surface area contributed by atoms with Crippen LogP contribution in [0.3, 0.4) is 0 Å². The van der Waals surface area contributed by atoms with E-state index in [-0.39, 0.29) is 11.8 Å². The molecule has 2 fully saturated rings. The van der Waals surface area contributed by atoms with Crippen molar-refractivity contribution < 1.29 is 14.3 Å². The summed E-state index contributed by atoms with van der Waals surface area (Å²) in [4.78, 5) is 32.7. The number of anilines is 1. The molecule has 142 valence electrons. The first-order valence-corrected chi connectivity index (χ1v) is 9.25. The third kappa shape index (κ3) is 5.03. The van der Waals surface area contributed by atoms with Crippen molar-refractivity contribution in [3.63, 3.8) is 0 Å². The van der Waals surface area contributed by atoms with Gasteiger partial charge in [0.05, 0.1) is 26.3 Å². The lowest BCUT2D eigenvalue weighted by molar-refractivity contribution is -0.137. The minimum atomic E-state index is 0.0917. The van der Waals surface area contributed by atoms with Crippen LogP contribution in [0.4, 0.5) is 5.69 Å². The predicted octanol–water partition coefficient (Wildman–Crippen LogP) is 0.126. The third-order valence-corrected chi connectivity index (χ3v) is 5.06. The Balaban J connectivity index is 1.40. The number of ether oxygens (including phenoxy) is 1. The van der Waals surface area contributed by atoms with Crippen LogP contribution in [0.1, 0.15) is 0 Å². The van der Waals surface area contributed by atoms with Crippen LogP contribution in [0, 0.1) is 0 Å². The molecule has 1 aromatic rings. The number of rotatable bonds is 5. The van der Waals surface area contributed by atoms with Crippen LogP contribution in [0.15, 0.2) is 30.3 Å². The molecular formula is C19H28N4O3. The Kier molecular flexibility index (Phi) is 6.60. The lowest BCUT2D eigenvalue weighted by Gasteiger charge is -2.36. The molecule has 0 aromatic heterocycles. The molecule has 7 heteroatoms. The summed E-state index contributed by atoms with van der Waals surface area (Å²) in [6, 6.07) is 9.69. The molecule has 0 N–H and O–H groups in total. The molecule has 2 aliphatic heterocycles. The van der Waals surface area contributed by atoms with Crippen LogP contribution in [-0.4, -0.2) is 99.1 Å². The monoisotopic (exact) mass is 360 g/mol. The van der Waals surface area contributed by atoms with Gasteiger partial charge in [0, 0.05) is 52.0 Å². The molecular weight excluding hydrogens is 332 g/mol. The number of benzene rings is 1. The topological polar surface area (TPSA) is 56.3 Å². The first kappa shape index (κ1) is 18.8. The Labute approximate surface area is 155 Å². The summed E-state index contributed by atoms with van der Waals surface area (Å²) in [6.45, 7) is 6.79. The zero-order chi connectivity index (χ0) is 18.4. The maximum Gasteiger partial charge on any atom is 0.240 e. The second kappa shape index (κ2) is 9.12. The number of amides is 2. The van der Waals surface area contributed by atoms with Crippen LogP contribution in [0.5, 0.6) is 0 Å². The van der Waals surface area contributed by atoms with Gasteiger partial charge in [0.2, 0.25) is 11.8 Å². The fourth-order valence-electron chi connectivity index (χ4n) is 3.30. The molecule has 2 amide bonds. The van der Waals surface area contributed by atoms with E-state index in [1.165, 1.54) is 0 Å². The molecule has 0 aliphatic carbocycles. The van der Waals surface area contributed by atoms with E-state index < -0.39 is 0 Å². The summed E-state index contributed by atoms with van der Waals surface area (Å²) in [7, 11) is 1.81. The molecule has 2 heterocycles. The summed E-state index contributed by atoms with van der Waals surface area (Å²) >= 11 is 0. The summed E-state index contributed by atoms with van der Waals surface area (Å²) in [5, 5.41) is 0. The number of hydrogen-bond acceptors (Lipinski definition) is 5. The first-order valence-electron chi connectivity index (χ1n) is 9.25. The lowest BCUT2D eigenvalue weighted by Crippen LogP contribution is -2.53. The fourth-order valence-corrected chi connectivity index (χ4v) is 3.30. The average Bonchev–Trinajstić information content (AvgIpc) is 2.70. The number of carbonyl (C=O) groups is 2. The molecule has 3 rings (SSSR count). The van der Waals surface area contributed by atoms with Crippen molar-refractivity contribution >= 4 is 17.5 Å². The van der Waals surface area contributed by atoms with Crippen molar-refractivity contribution in [3.8, 4) is 0 Å². The first-order chi connectivity index (χ1) is 12.6. The minimum absolute atomic E-state index is 0.0917. The zero-order valence-corrected chi connectivity index (χ0v) is 15.5.